The fourth-order valence-electron chi connectivity index (χ4n) is 8.74. The summed E-state index contributed by atoms with van der Waals surface area (Å²) in [6.07, 6.45) is -8.19. The molecular formula is C38H74N2O12. The Labute approximate surface area is 313 Å². The van der Waals surface area contributed by atoms with E-state index in [1.165, 1.54) is 14.0 Å². The molecule has 0 aromatic carbocycles. The van der Waals surface area contributed by atoms with Gasteiger partial charge in [-0.3, -0.25) is 4.79 Å². The second kappa shape index (κ2) is 17.8. The van der Waals surface area contributed by atoms with E-state index in [0.717, 1.165) is 0 Å². The fraction of sp³-hybridized carbons (Fsp3) is 0.974. The standard InChI is InChI=1S/C38H72N2O12.H2/c1-15-27-38(10,46)31(42)24(6)40(13)19-20(2)17-36(8,45)33(52-35-29(41)26(39(11)12)16-21(3)48-35)22(4)30(23(5)34(44)50-27)51-28-18-37(9,47-14)32(43)25(7)49-28;/h20-33,35,41-43,45-46H,15-19H2,1-14H3;1H/t20-,21-,22+,23-,24-,25+,26+,27-,28-,29-,30+,31-,32-,33-,35-,36-,37+,38+;/m1./s1. The van der Waals surface area contributed by atoms with Gasteiger partial charge in [0.25, 0.3) is 0 Å². The Morgan fingerprint density at radius 1 is 0.962 bits per heavy atom. The Morgan fingerprint density at radius 3 is 2.13 bits per heavy atom. The average Bonchev–Trinajstić information content (AvgIpc) is 3.05. The first-order chi connectivity index (χ1) is 23.9. The molecule has 14 heteroatoms. The zero-order chi connectivity index (χ0) is 39.7. The summed E-state index contributed by atoms with van der Waals surface area (Å²) in [6.45, 7) is 18.0. The van der Waals surface area contributed by atoms with Crippen LogP contribution >= 0.6 is 0 Å². The number of ether oxygens (including phenoxy) is 6. The zero-order valence-corrected chi connectivity index (χ0v) is 34.2. The van der Waals surface area contributed by atoms with Crippen LogP contribution in [0.2, 0.25) is 0 Å². The Kier molecular flexibility index (Phi) is 15.6. The third-order valence-corrected chi connectivity index (χ3v) is 12.2. The molecule has 5 N–H and O–H groups in total. The third kappa shape index (κ3) is 10.0. The zero-order valence-electron chi connectivity index (χ0n) is 34.2. The number of hydrogen-bond donors (Lipinski definition) is 5. The molecule has 3 fully saturated rings. The second-order valence-electron chi connectivity index (χ2n) is 17.2. The Hall–Kier alpha value is -1.01. The number of hydrogen-bond acceptors (Lipinski definition) is 14. The van der Waals surface area contributed by atoms with Crippen molar-refractivity contribution in [2.24, 2.45) is 17.8 Å². The van der Waals surface area contributed by atoms with Crippen molar-refractivity contribution < 1.29 is 60.2 Å². The summed E-state index contributed by atoms with van der Waals surface area (Å²) in [5.74, 6) is -2.58. The highest BCUT2D eigenvalue weighted by atomic mass is 16.7. The summed E-state index contributed by atoms with van der Waals surface area (Å²) < 4.78 is 37.5. The van der Waals surface area contributed by atoms with Crippen LogP contribution in [-0.4, -0.2) is 166 Å². The van der Waals surface area contributed by atoms with Gasteiger partial charge in [-0.15, -0.1) is 0 Å². The lowest BCUT2D eigenvalue weighted by Gasteiger charge is -2.48. The molecule has 0 spiro atoms. The first kappa shape index (κ1) is 45.4. The highest BCUT2D eigenvalue weighted by Crippen LogP contribution is 2.40. The molecule has 52 heavy (non-hydrogen) atoms. The van der Waals surface area contributed by atoms with E-state index in [1.54, 1.807) is 41.5 Å². The van der Waals surface area contributed by atoms with Crippen LogP contribution in [0.25, 0.3) is 0 Å². The number of carbonyl (C=O) groups excluding carboxylic acids is 1. The van der Waals surface area contributed by atoms with Gasteiger partial charge in [-0.05, 0) is 94.8 Å². The Bertz CT molecular complexity index is 1150. The SMILES string of the molecule is CC[C@H]1OC(=O)[C@H](C)[C@@H](O[C@@H]2C[C@](C)(OC)[C@H](O)[C@H](C)O2)[C@H](C)[C@@H](O[C@H]2O[C@H](C)C[C@H](N(C)C)[C@H]2O)[C@](C)(O)C[C@@H](C)CN(C)[C@H](C)[C@@H](O)[C@@]1(C)O.[HH]. The monoisotopic (exact) mass is 751 g/mol. The minimum atomic E-state index is -1.80. The van der Waals surface area contributed by atoms with Crippen LogP contribution in [0.5, 0.6) is 0 Å². The van der Waals surface area contributed by atoms with Crippen molar-refractivity contribution in [1.29, 1.82) is 0 Å². The predicted molar refractivity (Wildman–Crippen MR) is 196 cm³/mol. The molecule has 308 valence electrons. The molecule has 0 aromatic rings. The number of methoxy groups -OCH3 is 1. The molecule has 18 atom stereocenters. The van der Waals surface area contributed by atoms with Crippen molar-refractivity contribution in [3.8, 4) is 0 Å². The molecule has 3 aliphatic rings. The summed E-state index contributed by atoms with van der Waals surface area (Å²) in [7, 11) is 7.12. The molecular weight excluding hydrogens is 676 g/mol. The van der Waals surface area contributed by atoms with Crippen LogP contribution in [0.15, 0.2) is 0 Å². The quantitative estimate of drug-likeness (QED) is 0.239. The lowest BCUT2D eigenvalue weighted by atomic mass is 9.77. The van der Waals surface area contributed by atoms with Crippen molar-refractivity contribution in [1.82, 2.24) is 9.80 Å². The normalized spacial score (nSPS) is 49.6. The summed E-state index contributed by atoms with van der Waals surface area (Å²) >= 11 is 0. The molecule has 0 amide bonds. The molecule has 3 rings (SSSR count). The van der Waals surface area contributed by atoms with Gasteiger partial charge in [0.15, 0.2) is 12.6 Å². The number of likely N-dealkylation sites (N-methyl/N-ethyl adjacent to an activating group) is 2. The van der Waals surface area contributed by atoms with Gasteiger partial charge in [-0.25, -0.2) is 0 Å². The van der Waals surface area contributed by atoms with Gasteiger partial charge in [-0.2, -0.15) is 0 Å². The number of carbonyl (C=O) groups is 1. The topological polar surface area (TPSA) is 180 Å². The lowest BCUT2D eigenvalue weighted by Crippen LogP contribution is -2.60. The summed E-state index contributed by atoms with van der Waals surface area (Å²) in [6, 6.07) is -0.808. The van der Waals surface area contributed by atoms with E-state index in [1.807, 2.05) is 51.7 Å². The molecule has 3 saturated heterocycles. The van der Waals surface area contributed by atoms with Gasteiger partial charge in [0.1, 0.15) is 30.0 Å². The number of nitrogens with zero attached hydrogens (tertiary/aromatic N) is 2. The van der Waals surface area contributed by atoms with Crippen LogP contribution in [0, 0.1) is 17.8 Å². The number of cyclic esters (lactones) is 1. The Morgan fingerprint density at radius 2 is 1.58 bits per heavy atom. The van der Waals surface area contributed by atoms with Gasteiger partial charge in [0.05, 0.1) is 41.5 Å². The molecule has 0 radical (unpaired) electrons. The van der Waals surface area contributed by atoms with Crippen molar-refractivity contribution in [2.75, 3.05) is 34.8 Å². The first-order valence-corrected chi connectivity index (χ1v) is 19.1. The average molecular weight is 751 g/mol. The highest BCUT2D eigenvalue weighted by Gasteiger charge is 2.52. The number of esters is 1. The van der Waals surface area contributed by atoms with Crippen molar-refractivity contribution >= 4 is 5.97 Å². The van der Waals surface area contributed by atoms with Crippen molar-refractivity contribution in [3.63, 3.8) is 0 Å². The Balaban J connectivity index is 0.00000972. The summed E-state index contributed by atoms with van der Waals surface area (Å²) in [5.41, 5.74) is -4.37. The van der Waals surface area contributed by atoms with Crippen LogP contribution in [0.4, 0.5) is 0 Å². The van der Waals surface area contributed by atoms with Crippen LogP contribution in [0.1, 0.15) is 96.3 Å². The van der Waals surface area contributed by atoms with Gasteiger partial charge in [0, 0.05) is 39.5 Å². The number of aliphatic hydroxyl groups excluding tert-OH is 3. The smallest absolute Gasteiger partial charge is 0.311 e. The van der Waals surface area contributed by atoms with Crippen LogP contribution in [0.3, 0.4) is 0 Å². The maximum atomic E-state index is 14.2. The van der Waals surface area contributed by atoms with Gasteiger partial charge in [-0.1, -0.05) is 20.8 Å². The van der Waals surface area contributed by atoms with E-state index in [9.17, 15) is 30.3 Å². The molecule has 0 bridgehead atoms. The third-order valence-electron chi connectivity index (χ3n) is 12.2. The van der Waals surface area contributed by atoms with E-state index in [0.29, 0.717) is 13.0 Å². The lowest BCUT2D eigenvalue weighted by molar-refractivity contribution is -0.318. The molecule has 14 nitrogen and oxygen atoms in total. The number of aliphatic hydroxyl groups is 5. The van der Waals surface area contributed by atoms with E-state index in [4.69, 9.17) is 28.4 Å². The van der Waals surface area contributed by atoms with E-state index >= 15 is 0 Å². The maximum absolute atomic E-state index is 14.2. The minimum Gasteiger partial charge on any atom is -0.459 e. The molecule has 0 aliphatic carbocycles. The predicted octanol–water partition coefficient (Wildman–Crippen LogP) is 2.15. The van der Waals surface area contributed by atoms with E-state index in [-0.39, 0.29) is 38.8 Å². The van der Waals surface area contributed by atoms with Crippen LogP contribution < -0.4 is 0 Å². The van der Waals surface area contributed by atoms with Gasteiger partial charge >= 0.3 is 5.97 Å². The van der Waals surface area contributed by atoms with Crippen molar-refractivity contribution in [3.05, 3.63) is 0 Å². The first-order valence-electron chi connectivity index (χ1n) is 19.1. The van der Waals surface area contributed by atoms with Gasteiger partial charge in [0.2, 0.25) is 0 Å². The van der Waals surface area contributed by atoms with Gasteiger partial charge < -0.3 is 63.8 Å². The van der Waals surface area contributed by atoms with Crippen LogP contribution in [-0.2, 0) is 33.2 Å². The second-order valence-corrected chi connectivity index (χ2v) is 17.2. The molecule has 3 heterocycles. The highest BCUT2D eigenvalue weighted by molar-refractivity contribution is 5.73. The summed E-state index contributed by atoms with van der Waals surface area (Å²) in [5, 5.41) is 58.1. The molecule has 0 saturated carbocycles. The summed E-state index contributed by atoms with van der Waals surface area (Å²) in [4.78, 5) is 18.0. The number of rotatable bonds is 7. The minimum absolute atomic E-state index is 0. The molecule has 3 aliphatic heterocycles. The fourth-order valence-corrected chi connectivity index (χ4v) is 8.74. The molecule has 0 aromatic heterocycles. The largest absolute Gasteiger partial charge is 0.459 e. The van der Waals surface area contributed by atoms with E-state index < -0.39 is 96.0 Å². The van der Waals surface area contributed by atoms with Crippen molar-refractivity contribution in [2.45, 2.75) is 185 Å². The van der Waals surface area contributed by atoms with E-state index in [2.05, 4.69) is 0 Å². The molecule has 0 unspecified atom stereocenters. The maximum Gasteiger partial charge on any atom is 0.311 e.